The van der Waals surface area contributed by atoms with Crippen LogP contribution in [-0.4, -0.2) is 16.8 Å². The fourth-order valence-electron chi connectivity index (χ4n) is 2.39. The quantitative estimate of drug-likeness (QED) is 0.691. The number of thiazole rings is 1. The van der Waals surface area contributed by atoms with Crippen LogP contribution in [0.5, 0.6) is 0 Å². The minimum Gasteiger partial charge on any atom is -0.273 e. The Balaban J connectivity index is 1.42. The molecule has 128 valence electrons. The number of benzene rings is 2. The van der Waals surface area contributed by atoms with Crippen molar-refractivity contribution in [1.29, 1.82) is 0 Å². The Morgan fingerprint density at radius 1 is 1.04 bits per heavy atom. The van der Waals surface area contributed by atoms with Crippen molar-refractivity contribution < 1.29 is 9.59 Å². The van der Waals surface area contributed by atoms with Gasteiger partial charge in [0.05, 0.1) is 15.2 Å². The number of amides is 2. The number of fused-ring (bicyclic) bond motifs is 1. The van der Waals surface area contributed by atoms with Crippen LogP contribution in [0.15, 0.2) is 48.5 Å². The van der Waals surface area contributed by atoms with Crippen molar-refractivity contribution in [1.82, 2.24) is 15.8 Å². The number of nitrogens with zero attached hydrogens (tertiary/aromatic N) is 1. The summed E-state index contributed by atoms with van der Waals surface area (Å²) in [5, 5.41) is 1.03. The smallest absolute Gasteiger partial charge is 0.269 e. The molecule has 6 heteroatoms. The zero-order valence-corrected chi connectivity index (χ0v) is 14.7. The van der Waals surface area contributed by atoms with E-state index in [-0.39, 0.29) is 11.8 Å². The van der Waals surface area contributed by atoms with Crippen molar-refractivity contribution in [3.8, 4) is 0 Å². The molecule has 0 radical (unpaired) electrons. The predicted molar refractivity (Wildman–Crippen MR) is 99.3 cm³/mol. The third kappa shape index (κ3) is 4.64. The minimum atomic E-state index is -0.320. The second-order valence-corrected chi connectivity index (χ2v) is 6.91. The Bertz CT molecular complexity index is 854. The molecule has 0 unspecified atom stereocenters. The highest BCUT2D eigenvalue weighted by atomic mass is 32.1. The van der Waals surface area contributed by atoms with Gasteiger partial charge in [0.25, 0.3) is 5.91 Å². The van der Waals surface area contributed by atoms with Crippen LogP contribution in [0.4, 0.5) is 0 Å². The van der Waals surface area contributed by atoms with E-state index in [1.54, 1.807) is 23.5 Å². The molecule has 2 N–H and O–H groups in total. The summed E-state index contributed by atoms with van der Waals surface area (Å²) in [6, 6.07) is 15.2. The first kappa shape index (κ1) is 17.1. The molecular formula is C19H19N3O2S. The maximum Gasteiger partial charge on any atom is 0.269 e. The molecule has 0 aliphatic rings. The number of hydrogen-bond donors (Lipinski definition) is 2. The minimum absolute atomic E-state index is 0.207. The highest BCUT2D eigenvalue weighted by molar-refractivity contribution is 7.18. The van der Waals surface area contributed by atoms with Crippen molar-refractivity contribution in [2.24, 2.45) is 0 Å². The van der Waals surface area contributed by atoms with Gasteiger partial charge in [-0.05, 0) is 44.0 Å². The third-order valence-corrected chi connectivity index (χ3v) is 4.86. The van der Waals surface area contributed by atoms with E-state index in [1.807, 2.05) is 43.3 Å². The number of nitrogens with one attached hydrogen (secondary N) is 2. The van der Waals surface area contributed by atoms with Gasteiger partial charge in [-0.25, -0.2) is 4.98 Å². The second-order valence-electron chi connectivity index (χ2n) is 5.80. The SMILES string of the molecule is Cc1ccc(C(=O)NNC(=O)CCCc2nc3ccccc3s2)cc1. The molecule has 0 spiro atoms. The molecule has 5 nitrogen and oxygen atoms in total. The summed E-state index contributed by atoms with van der Waals surface area (Å²) in [6.07, 6.45) is 1.77. The zero-order chi connectivity index (χ0) is 17.6. The van der Waals surface area contributed by atoms with Gasteiger partial charge in [0.1, 0.15) is 0 Å². The van der Waals surface area contributed by atoms with E-state index in [2.05, 4.69) is 15.8 Å². The molecule has 1 heterocycles. The largest absolute Gasteiger partial charge is 0.273 e. The molecule has 0 bridgehead atoms. The van der Waals surface area contributed by atoms with Gasteiger partial charge >= 0.3 is 0 Å². The first-order valence-electron chi connectivity index (χ1n) is 8.12. The van der Waals surface area contributed by atoms with Crippen LogP contribution in [0.1, 0.15) is 33.8 Å². The topological polar surface area (TPSA) is 71.1 Å². The van der Waals surface area contributed by atoms with Gasteiger partial charge in [0.2, 0.25) is 5.91 Å². The summed E-state index contributed by atoms with van der Waals surface area (Å²) in [5.74, 6) is -0.527. The normalized spacial score (nSPS) is 10.6. The summed E-state index contributed by atoms with van der Waals surface area (Å²) >= 11 is 1.65. The van der Waals surface area contributed by atoms with E-state index in [0.29, 0.717) is 18.4 Å². The molecule has 0 saturated carbocycles. The van der Waals surface area contributed by atoms with Gasteiger partial charge in [-0.2, -0.15) is 0 Å². The Morgan fingerprint density at radius 3 is 2.56 bits per heavy atom. The molecule has 0 aliphatic carbocycles. The molecule has 2 aromatic carbocycles. The fourth-order valence-corrected chi connectivity index (χ4v) is 3.40. The van der Waals surface area contributed by atoms with Crippen LogP contribution in [-0.2, 0) is 11.2 Å². The monoisotopic (exact) mass is 353 g/mol. The molecule has 0 saturated heterocycles. The first-order valence-corrected chi connectivity index (χ1v) is 8.94. The highest BCUT2D eigenvalue weighted by Crippen LogP contribution is 2.22. The van der Waals surface area contributed by atoms with Gasteiger partial charge in [-0.1, -0.05) is 29.8 Å². The summed E-state index contributed by atoms with van der Waals surface area (Å²) in [5.41, 5.74) is 7.48. The lowest BCUT2D eigenvalue weighted by Crippen LogP contribution is -2.41. The van der Waals surface area contributed by atoms with Gasteiger partial charge in [0, 0.05) is 12.0 Å². The summed E-state index contributed by atoms with van der Waals surface area (Å²) in [6.45, 7) is 1.95. The van der Waals surface area contributed by atoms with Crippen LogP contribution < -0.4 is 10.9 Å². The predicted octanol–water partition coefficient (Wildman–Crippen LogP) is 3.39. The first-order chi connectivity index (χ1) is 12.1. The number of rotatable bonds is 5. The molecule has 2 amide bonds. The molecule has 3 rings (SSSR count). The maximum atomic E-state index is 11.9. The van der Waals surface area contributed by atoms with Crippen molar-refractivity contribution >= 4 is 33.4 Å². The van der Waals surface area contributed by atoms with E-state index >= 15 is 0 Å². The fraction of sp³-hybridized carbons (Fsp3) is 0.211. The van der Waals surface area contributed by atoms with Gasteiger partial charge in [-0.3, -0.25) is 20.4 Å². The average Bonchev–Trinajstić information content (AvgIpc) is 3.03. The summed E-state index contributed by atoms with van der Waals surface area (Å²) in [4.78, 5) is 28.3. The molecule has 0 aliphatic heterocycles. The Labute approximate surface area is 150 Å². The maximum absolute atomic E-state index is 11.9. The van der Waals surface area contributed by atoms with Crippen LogP contribution in [0.25, 0.3) is 10.2 Å². The molecule has 1 aromatic heterocycles. The van der Waals surface area contributed by atoms with Crippen molar-refractivity contribution in [2.75, 3.05) is 0 Å². The van der Waals surface area contributed by atoms with Crippen LogP contribution in [0.2, 0.25) is 0 Å². The standard InChI is InChI=1S/C19H19N3O2S/c1-13-9-11-14(12-10-13)19(24)22-21-17(23)7-4-8-18-20-15-5-2-3-6-16(15)25-18/h2-3,5-6,9-12H,4,7-8H2,1H3,(H,21,23)(H,22,24). The van der Waals surface area contributed by atoms with Gasteiger partial charge < -0.3 is 0 Å². The number of para-hydroxylation sites is 1. The van der Waals surface area contributed by atoms with E-state index < -0.39 is 0 Å². The molecule has 3 aromatic rings. The van der Waals surface area contributed by atoms with Gasteiger partial charge in [0.15, 0.2) is 0 Å². The lowest BCUT2D eigenvalue weighted by Gasteiger charge is -2.07. The lowest BCUT2D eigenvalue weighted by molar-refractivity contribution is -0.121. The van der Waals surface area contributed by atoms with E-state index in [0.717, 1.165) is 27.2 Å². The van der Waals surface area contributed by atoms with Crippen molar-refractivity contribution in [2.45, 2.75) is 26.2 Å². The van der Waals surface area contributed by atoms with E-state index in [1.165, 1.54) is 0 Å². The van der Waals surface area contributed by atoms with Crippen molar-refractivity contribution in [3.63, 3.8) is 0 Å². The third-order valence-electron chi connectivity index (χ3n) is 3.76. The summed E-state index contributed by atoms with van der Waals surface area (Å²) < 4.78 is 1.16. The van der Waals surface area contributed by atoms with E-state index in [4.69, 9.17) is 0 Å². The highest BCUT2D eigenvalue weighted by Gasteiger charge is 2.08. The van der Waals surface area contributed by atoms with Crippen LogP contribution >= 0.6 is 11.3 Å². The second kappa shape index (κ2) is 7.90. The zero-order valence-electron chi connectivity index (χ0n) is 13.9. The van der Waals surface area contributed by atoms with Crippen LogP contribution in [0, 0.1) is 6.92 Å². The number of hydrogen-bond acceptors (Lipinski definition) is 4. The van der Waals surface area contributed by atoms with Gasteiger partial charge in [-0.15, -0.1) is 11.3 Å². The average molecular weight is 353 g/mol. The Hall–Kier alpha value is -2.73. The number of carbonyl (C=O) groups is 2. The molecular weight excluding hydrogens is 334 g/mol. The Kier molecular flexibility index (Phi) is 5.40. The molecule has 25 heavy (non-hydrogen) atoms. The number of hydrazine groups is 1. The number of carbonyl (C=O) groups excluding carboxylic acids is 2. The summed E-state index contributed by atoms with van der Waals surface area (Å²) in [7, 11) is 0. The molecule has 0 fully saturated rings. The number of aromatic nitrogens is 1. The Morgan fingerprint density at radius 2 is 1.80 bits per heavy atom. The number of aryl methyl sites for hydroxylation is 2. The van der Waals surface area contributed by atoms with E-state index in [9.17, 15) is 9.59 Å². The molecule has 0 atom stereocenters. The van der Waals surface area contributed by atoms with Crippen molar-refractivity contribution in [3.05, 3.63) is 64.7 Å². The van der Waals surface area contributed by atoms with Crippen LogP contribution in [0.3, 0.4) is 0 Å². The lowest BCUT2D eigenvalue weighted by atomic mass is 10.1.